The van der Waals surface area contributed by atoms with Crippen molar-refractivity contribution in [1.29, 1.82) is 0 Å². The van der Waals surface area contributed by atoms with E-state index in [1.807, 2.05) is 0 Å². The summed E-state index contributed by atoms with van der Waals surface area (Å²) in [6.45, 7) is 11.0. The number of nitrogens with zero attached hydrogens (tertiary/aromatic N) is 1. The molecule has 0 unspecified atom stereocenters. The smallest absolute Gasteiger partial charge is 0.126 e. The van der Waals surface area contributed by atoms with Crippen LogP contribution in [0.25, 0.3) is 11.1 Å². The van der Waals surface area contributed by atoms with Crippen LogP contribution in [0.1, 0.15) is 51.1 Å². The number of hydrogen-bond donors (Lipinski definition) is 0. The third kappa shape index (κ3) is 3.49. The highest BCUT2D eigenvalue weighted by Gasteiger charge is 2.17. The standard InChI is InChI=1S/C20H27NO/c1-7-8-16-10-11-17(14(2)21-16)18-13-15(20(3,4)5)9-12-19(18)22-6/h9-13H,7-8H2,1-6H3. The van der Waals surface area contributed by atoms with Crippen LogP contribution in [0.3, 0.4) is 0 Å². The fourth-order valence-electron chi connectivity index (χ4n) is 2.68. The van der Waals surface area contributed by atoms with Gasteiger partial charge in [0.1, 0.15) is 5.75 Å². The summed E-state index contributed by atoms with van der Waals surface area (Å²) in [7, 11) is 1.73. The summed E-state index contributed by atoms with van der Waals surface area (Å²) >= 11 is 0. The summed E-state index contributed by atoms with van der Waals surface area (Å²) in [6, 6.07) is 10.8. The van der Waals surface area contributed by atoms with Gasteiger partial charge >= 0.3 is 0 Å². The number of benzene rings is 1. The Morgan fingerprint density at radius 2 is 1.77 bits per heavy atom. The van der Waals surface area contributed by atoms with Crippen LogP contribution in [0.5, 0.6) is 5.75 Å². The Morgan fingerprint density at radius 1 is 1.05 bits per heavy atom. The molecule has 1 aromatic carbocycles. The lowest BCUT2D eigenvalue weighted by Gasteiger charge is -2.21. The second-order valence-electron chi connectivity index (χ2n) is 6.85. The van der Waals surface area contributed by atoms with Crippen molar-refractivity contribution >= 4 is 0 Å². The molecule has 0 N–H and O–H groups in total. The fourth-order valence-corrected chi connectivity index (χ4v) is 2.68. The van der Waals surface area contributed by atoms with E-state index in [-0.39, 0.29) is 5.41 Å². The molecule has 1 aromatic heterocycles. The number of pyridine rings is 1. The maximum absolute atomic E-state index is 5.57. The van der Waals surface area contributed by atoms with Crippen LogP contribution in [-0.4, -0.2) is 12.1 Å². The predicted molar refractivity (Wildman–Crippen MR) is 93.7 cm³/mol. The molecule has 2 aromatic rings. The number of hydrogen-bond acceptors (Lipinski definition) is 2. The summed E-state index contributed by atoms with van der Waals surface area (Å²) in [5, 5.41) is 0. The van der Waals surface area contributed by atoms with E-state index >= 15 is 0 Å². The van der Waals surface area contributed by atoms with Crippen molar-refractivity contribution < 1.29 is 4.74 Å². The molecule has 2 rings (SSSR count). The highest BCUT2D eigenvalue weighted by molar-refractivity contribution is 5.73. The molecule has 0 amide bonds. The molecule has 1 heterocycles. The van der Waals surface area contributed by atoms with E-state index in [1.54, 1.807) is 7.11 Å². The van der Waals surface area contributed by atoms with Gasteiger partial charge in [-0.1, -0.05) is 46.2 Å². The zero-order valence-corrected chi connectivity index (χ0v) is 14.7. The van der Waals surface area contributed by atoms with Gasteiger partial charge in [-0.25, -0.2) is 0 Å². The van der Waals surface area contributed by atoms with Crippen LogP contribution in [0.2, 0.25) is 0 Å². The highest BCUT2D eigenvalue weighted by Crippen LogP contribution is 2.35. The molecule has 0 saturated heterocycles. The van der Waals surface area contributed by atoms with Crippen molar-refractivity contribution in [3.63, 3.8) is 0 Å². The first-order valence-corrected chi connectivity index (χ1v) is 8.02. The van der Waals surface area contributed by atoms with Gasteiger partial charge in [0.25, 0.3) is 0 Å². The van der Waals surface area contributed by atoms with Gasteiger partial charge in [-0.3, -0.25) is 4.98 Å². The van der Waals surface area contributed by atoms with Gasteiger partial charge in [0.05, 0.1) is 7.11 Å². The van der Waals surface area contributed by atoms with E-state index in [4.69, 9.17) is 9.72 Å². The van der Waals surface area contributed by atoms with E-state index in [1.165, 1.54) is 5.56 Å². The molecule has 0 radical (unpaired) electrons. The van der Waals surface area contributed by atoms with Crippen LogP contribution < -0.4 is 4.74 Å². The summed E-state index contributed by atoms with van der Waals surface area (Å²) in [5.41, 5.74) is 5.93. The lowest BCUT2D eigenvalue weighted by atomic mass is 9.85. The van der Waals surface area contributed by atoms with Crippen molar-refractivity contribution in [1.82, 2.24) is 4.98 Å². The maximum Gasteiger partial charge on any atom is 0.126 e. The van der Waals surface area contributed by atoms with Crippen molar-refractivity contribution in [2.24, 2.45) is 0 Å². The Kier molecular flexibility index (Phi) is 4.90. The first-order valence-electron chi connectivity index (χ1n) is 8.02. The number of methoxy groups -OCH3 is 1. The molecule has 0 atom stereocenters. The molecule has 0 saturated carbocycles. The van der Waals surface area contributed by atoms with E-state index in [2.05, 4.69) is 65.0 Å². The monoisotopic (exact) mass is 297 g/mol. The molecule has 0 aliphatic carbocycles. The van der Waals surface area contributed by atoms with Gasteiger partial charge in [-0.05, 0) is 42.5 Å². The van der Waals surface area contributed by atoms with Gasteiger partial charge in [0, 0.05) is 22.5 Å². The number of rotatable bonds is 4. The summed E-state index contributed by atoms with van der Waals surface area (Å²) in [5.74, 6) is 0.904. The second-order valence-corrected chi connectivity index (χ2v) is 6.85. The summed E-state index contributed by atoms with van der Waals surface area (Å²) in [6.07, 6.45) is 2.15. The average Bonchev–Trinajstić information content (AvgIpc) is 2.46. The van der Waals surface area contributed by atoms with Crippen LogP contribution >= 0.6 is 0 Å². The Labute approximate surface area is 134 Å². The van der Waals surface area contributed by atoms with Gasteiger partial charge in [0.2, 0.25) is 0 Å². The second kappa shape index (κ2) is 6.51. The molecule has 0 aliphatic heterocycles. The molecular weight excluding hydrogens is 270 g/mol. The SMILES string of the molecule is CCCc1ccc(-c2cc(C(C)(C)C)ccc2OC)c(C)n1. The van der Waals surface area contributed by atoms with Crippen molar-refractivity contribution in [2.75, 3.05) is 7.11 Å². The van der Waals surface area contributed by atoms with Crippen LogP contribution in [0, 0.1) is 6.92 Å². The molecular formula is C20H27NO. The van der Waals surface area contributed by atoms with Crippen molar-refractivity contribution in [3.05, 3.63) is 47.3 Å². The Bertz CT molecular complexity index is 653. The number of aryl methyl sites for hydroxylation is 2. The minimum atomic E-state index is 0.116. The third-order valence-corrected chi connectivity index (χ3v) is 4.01. The van der Waals surface area contributed by atoms with Crippen LogP contribution in [-0.2, 0) is 11.8 Å². The van der Waals surface area contributed by atoms with Crippen LogP contribution in [0.15, 0.2) is 30.3 Å². The minimum Gasteiger partial charge on any atom is -0.496 e. The Morgan fingerprint density at radius 3 is 2.32 bits per heavy atom. The largest absolute Gasteiger partial charge is 0.496 e. The third-order valence-electron chi connectivity index (χ3n) is 4.01. The zero-order chi connectivity index (χ0) is 16.3. The Balaban J connectivity index is 2.55. The quantitative estimate of drug-likeness (QED) is 0.762. The molecule has 0 spiro atoms. The molecule has 118 valence electrons. The normalized spacial score (nSPS) is 11.5. The lowest BCUT2D eigenvalue weighted by molar-refractivity contribution is 0.416. The first kappa shape index (κ1) is 16.5. The summed E-state index contributed by atoms with van der Waals surface area (Å²) in [4.78, 5) is 4.75. The van der Waals surface area contributed by atoms with E-state index in [9.17, 15) is 0 Å². The van der Waals surface area contributed by atoms with Crippen molar-refractivity contribution in [3.8, 4) is 16.9 Å². The fraction of sp³-hybridized carbons (Fsp3) is 0.450. The predicted octanol–water partition coefficient (Wildman–Crippen LogP) is 5.32. The van der Waals surface area contributed by atoms with Crippen molar-refractivity contribution in [2.45, 2.75) is 52.9 Å². The molecule has 2 nitrogen and oxygen atoms in total. The highest BCUT2D eigenvalue weighted by atomic mass is 16.5. The average molecular weight is 297 g/mol. The molecule has 22 heavy (non-hydrogen) atoms. The molecule has 2 heteroatoms. The molecule has 0 aliphatic rings. The van der Waals surface area contributed by atoms with E-state index in [0.29, 0.717) is 0 Å². The Hall–Kier alpha value is -1.83. The van der Waals surface area contributed by atoms with Gasteiger partial charge in [0.15, 0.2) is 0 Å². The minimum absolute atomic E-state index is 0.116. The van der Waals surface area contributed by atoms with E-state index in [0.717, 1.165) is 41.1 Å². The molecule has 0 bridgehead atoms. The zero-order valence-electron chi connectivity index (χ0n) is 14.7. The lowest BCUT2D eigenvalue weighted by Crippen LogP contribution is -2.11. The maximum atomic E-state index is 5.57. The van der Waals surface area contributed by atoms with Gasteiger partial charge in [-0.15, -0.1) is 0 Å². The topological polar surface area (TPSA) is 22.1 Å². The van der Waals surface area contributed by atoms with Gasteiger partial charge in [-0.2, -0.15) is 0 Å². The molecule has 0 fully saturated rings. The first-order chi connectivity index (χ1) is 10.4. The summed E-state index contributed by atoms with van der Waals surface area (Å²) < 4.78 is 5.57. The number of ether oxygens (including phenoxy) is 1. The van der Waals surface area contributed by atoms with E-state index < -0.39 is 0 Å². The van der Waals surface area contributed by atoms with Crippen LogP contribution in [0.4, 0.5) is 0 Å². The number of aromatic nitrogens is 1. The van der Waals surface area contributed by atoms with Gasteiger partial charge < -0.3 is 4.74 Å².